The van der Waals surface area contributed by atoms with Gasteiger partial charge in [0.15, 0.2) is 0 Å². The molecular weight excluding hydrogens is 417 g/mol. The molecule has 0 saturated carbocycles. The van der Waals surface area contributed by atoms with Crippen LogP contribution >= 0.6 is 47.0 Å². The zero-order valence-electron chi connectivity index (χ0n) is 15.4. The van der Waals surface area contributed by atoms with Crippen molar-refractivity contribution >= 4 is 47.0 Å². The lowest BCUT2D eigenvalue weighted by atomic mass is 10.2. The molecular formula is C24H20S4. The van der Waals surface area contributed by atoms with E-state index in [4.69, 9.17) is 0 Å². The van der Waals surface area contributed by atoms with Crippen LogP contribution in [0, 0.1) is 23.7 Å². The van der Waals surface area contributed by atoms with Crippen LogP contribution in [0.15, 0.2) is 81.3 Å². The smallest absolute Gasteiger partial charge is 0.0615 e. The topological polar surface area (TPSA) is 0 Å². The first-order chi connectivity index (χ1) is 13.9. The van der Waals surface area contributed by atoms with Crippen molar-refractivity contribution < 1.29 is 0 Å². The van der Waals surface area contributed by atoms with Gasteiger partial charge in [0.05, 0.1) is 20.0 Å². The molecule has 140 valence electrons. The van der Waals surface area contributed by atoms with E-state index in [1.165, 1.54) is 19.6 Å². The number of hydrogen-bond acceptors (Lipinski definition) is 4. The van der Waals surface area contributed by atoms with Crippen LogP contribution in [0.2, 0.25) is 0 Å². The first-order valence-corrected chi connectivity index (χ1v) is 12.8. The molecule has 0 unspecified atom stereocenters. The molecule has 0 aromatic heterocycles. The predicted molar refractivity (Wildman–Crippen MR) is 132 cm³/mol. The van der Waals surface area contributed by atoms with E-state index in [0.717, 1.165) is 23.0 Å². The summed E-state index contributed by atoms with van der Waals surface area (Å²) in [6.45, 7) is 0. The maximum atomic E-state index is 3.22. The molecule has 0 saturated heterocycles. The van der Waals surface area contributed by atoms with Crippen LogP contribution in [0.1, 0.15) is 11.1 Å². The average molecular weight is 437 g/mol. The maximum Gasteiger partial charge on any atom is 0.0615 e. The third-order valence-electron chi connectivity index (χ3n) is 3.60. The molecule has 0 spiro atoms. The van der Waals surface area contributed by atoms with Crippen LogP contribution in [0.4, 0.5) is 0 Å². The van der Waals surface area contributed by atoms with Gasteiger partial charge >= 0.3 is 0 Å². The van der Waals surface area contributed by atoms with E-state index in [1.54, 1.807) is 0 Å². The minimum Gasteiger partial charge on any atom is -0.113 e. The van der Waals surface area contributed by atoms with Crippen molar-refractivity contribution in [3.05, 3.63) is 92.4 Å². The first-order valence-electron chi connectivity index (χ1n) is 8.87. The highest BCUT2D eigenvalue weighted by Gasteiger charge is 2.11. The molecule has 0 N–H and O–H groups in total. The highest BCUT2D eigenvalue weighted by molar-refractivity contribution is 8.27. The lowest BCUT2D eigenvalue weighted by Gasteiger charge is -2.13. The zero-order chi connectivity index (χ0) is 19.3. The van der Waals surface area contributed by atoms with Gasteiger partial charge in [-0.15, -0.1) is 47.0 Å². The van der Waals surface area contributed by atoms with E-state index in [9.17, 15) is 0 Å². The Morgan fingerprint density at radius 2 is 1.07 bits per heavy atom. The van der Waals surface area contributed by atoms with Crippen molar-refractivity contribution in [3.8, 4) is 23.7 Å². The Morgan fingerprint density at radius 1 is 0.643 bits per heavy atom. The molecule has 1 aliphatic heterocycles. The second-order valence-corrected chi connectivity index (χ2v) is 10.1. The Hall–Kier alpha value is -1.56. The summed E-state index contributed by atoms with van der Waals surface area (Å²) in [4.78, 5) is 0. The van der Waals surface area contributed by atoms with Crippen molar-refractivity contribution in [1.29, 1.82) is 0 Å². The van der Waals surface area contributed by atoms with Gasteiger partial charge < -0.3 is 0 Å². The van der Waals surface area contributed by atoms with Gasteiger partial charge in [-0.1, -0.05) is 84.3 Å². The zero-order valence-corrected chi connectivity index (χ0v) is 18.7. The molecule has 0 atom stereocenters. The van der Waals surface area contributed by atoms with Crippen LogP contribution in [-0.2, 0) is 11.5 Å². The summed E-state index contributed by atoms with van der Waals surface area (Å²) in [5.74, 6) is 16.1. The van der Waals surface area contributed by atoms with Gasteiger partial charge in [-0.2, -0.15) is 0 Å². The first kappa shape index (κ1) is 21.2. The van der Waals surface area contributed by atoms with Gasteiger partial charge in [0.1, 0.15) is 0 Å². The maximum absolute atomic E-state index is 3.22. The summed E-state index contributed by atoms with van der Waals surface area (Å²) in [6.07, 6.45) is 3.68. The number of allylic oxidation sites excluding steroid dienone is 2. The van der Waals surface area contributed by atoms with Gasteiger partial charge in [-0.25, -0.2) is 0 Å². The fourth-order valence-electron chi connectivity index (χ4n) is 2.25. The molecule has 0 aliphatic carbocycles. The quantitative estimate of drug-likeness (QED) is 0.446. The minimum atomic E-state index is 0.796. The number of hydrogen-bond donors (Lipinski definition) is 0. The Morgan fingerprint density at radius 3 is 1.50 bits per heavy atom. The minimum absolute atomic E-state index is 0.796. The molecule has 1 aliphatic rings. The number of thioether (sulfide) groups is 4. The Labute approximate surface area is 185 Å². The highest BCUT2D eigenvalue weighted by Crippen LogP contribution is 2.44. The van der Waals surface area contributed by atoms with Crippen molar-refractivity contribution in [2.24, 2.45) is 0 Å². The SMILES string of the molecule is C1#CCS/C(SCc2ccccc2)=C(/SCc2ccccc2)SCC#C/C=C\1. The molecule has 2 aromatic carbocycles. The normalized spacial score (nSPS) is 17.9. The Balaban J connectivity index is 1.77. The van der Waals surface area contributed by atoms with Crippen LogP contribution in [0.5, 0.6) is 0 Å². The Kier molecular flexibility index (Phi) is 9.68. The van der Waals surface area contributed by atoms with Gasteiger partial charge in [0, 0.05) is 11.5 Å². The van der Waals surface area contributed by atoms with E-state index >= 15 is 0 Å². The van der Waals surface area contributed by atoms with Gasteiger partial charge in [-0.05, 0) is 23.3 Å². The molecule has 4 heteroatoms. The summed E-state index contributed by atoms with van der Waals surface area (Å²) in [7, 11) is 0. The van der Waals surface area contributed by atoms with Crippen molar-refractivity contribution in [3.63, 3.8) is 0 Å². The second-order valence-electron chi connectivity index (χ2n) is 5.68. The summed E-state index contributed by atoms with van der Waals surface area (Å²) < 4.78 is 2.71. The van der Waals surface area contributed by atoms with E-state index in [2.05, 4.69) is 84.3 Å². The molecule has 28 heavy (non-hydrogen) atoms. The average Bonchev–Trinajstić information content (AvgIpc) is 2.74. The second kappa shape index (κ2) is 12.8. The van der Waals surface area contributed by atoms with Crippen LogP contribution < -0.4 is 0 Å². The third kappa shape index (κ3) is 7.82. The lowest BCUT2D eigenvalue weighted by molar-refractivity contribution is 1.42. The standard InChI is InChI=1S/C24H20S4/c1-2-4-12-18-26-24(28-20-22-15-9-6-10-16-22)23(25-17-11-3-1)27-19-21-13-7-5-8-14-21/h1-2,5-10,13-16H,17-20H2/b2-1-,24-23-. The lowest BCUT2D eigenvalue weighted by Crippen LogP contribution is -1.87. The van der Waals surface area contributed by atoms with Gasteiger partial charge in [0.2, 0.25) is 0 Å². The summed E-state index contributed by atoms with van der Waals surface area (Å²) >= 11 is 7.51. The van der Waals surface area contributed by atoms with Gasteiger partial charge in [0.25, 0.3) is 0 Å². The van der Waals surface area contributed by atoms with Crippen LogP contribution in [-0.4, -0.2) is 11.5 Å². The van der Waals surface area contributed by atoms with E-state index in [0.29, 0.717) is 0 Å². The largest absolute Gasteiger partial charge is 0.113 e. The van der Waals surface area contributed by atoms with Crippen LogP contribution in [0.3, 0.4) is 0 Å². The fourth-order valence-corrected chi connectivity index (χ4v) is 7.07. The molecule has 0 amide bonds. The van der Waals surface area contributed by atoms with Crippen LogP contribution in [0.25, 0.3) is 0 Å². The van der Waals surface area contributed by atoms with E-state index in [1.807, 2.05) is 59.2 Å². The van der Waals surface area contributed by atoms with E-state index in [-0.39, 0.29) is 0 Å². The summed E-state index contributed by atoms with van der Waals surface area (Å²) in [6, 6.07) is 21.3. The van der Waals surface area contributed by atoms with Crippen molar-refractivity contribution in [2.45, 2.75) is 11.5 Å². The highest BCUT2D eigenvalue weighted by atomic mass is 32.2. The fraction of sp³-hybridized carbons (Fsp3) is 0.167. The monoisotopic (exact) mass is 436 g/mol. The predicted octanol–water partition coefficient (Wildman–Crippen LogP) is 7.02. The molecule has 0 bridgehead atoms. The Bertz CT molecular complexity index is 845. The third-order valence-corrected chi connectivity index (χ3v) is 8.93. The molecule has 1 heterocycles. The number of benzene rings is 2. The van der Waals surface area contributed by atoms with E-state index < -0.39 is 0 Å². The molecule has 0 nitrogen and oxygen atoms in total. The van der Waals surface area contributed by atoms with Gasteiger partial charge in [-0.3, -0.25) is 0 Å². The van der Waals surface area contributed by atoms with Crippen molar-refractivity contribution in [1.82, 2.24) is 0 Å². The summed E-state index contributed by atoms with van der Waals surface area (Å²) in [5.41, 5.74) is 2.69. The number of rotatable bonds is 6. The summed E-state index contributed by atoms with van der Waals surface area (Å²) in [5, 5.41) is 0. The molecule has 0 radical (unpaired) electrons. The molecule has 3 rings (SSSR count). The molecule has 2 aromatic rings. The molecule has 0 fully saturated rings. The van der Waals surface area contributed by atoms with Crippen molar-refractivity contribution in [2.75, 3.05) is 11.5 Å².